The largest absolute Gasteiger partial charge is 0.372 e. The van der Waals surface area contributed by atoms with Gasteiger partial charge in [0, 0.05) is 13.2 Å². The standard InChI is InChI=1S/C16H17N5O2/c22-15-12-9-17-20-14(12)18-16(19-15)21-7-4-8-23-13(10-21)11-5-2-1-3-6-11/h1-3,5-6,9,13H,4,7-8,10H2,(H2,17,18,19,20,22). The highest BCUT2D eigenvalue weighted by atomic mass is 16.5. The summed E-state index contributed by atoms with van der Waals surface area (Å²) >= 11 is 0. The van der Waals surface area contributed by atoms with Crippen LogP contribution in [-0.4, -0.2) is 39.9 Å². The number of rotatable bonds is 2. The van der Waals surface area contributed by atoms with Gasteiger partial charge in [0.05, 0.1) is 12.7 Å². The molecule has 3 aromatic rings. The number of aromatic nitrogens is 4. The molecule has 0 aliphatic carbocycles. The molecule has 0 saturated carbocycles. The summed E-state index contributed by atoms with van der Waals surface area (Å²) in [5.74, 6) is 0.554. The van der Waals surface area contributed by atoms with E-state index < -0.39 is 0 Å². The third-order valence-corrected chi connectivity index (χ3v) is 4.06. The molecule has 118 valence electrons. The van der Waals surface area contributed by atoms with Gasteiger partial charge in [-0.25, -0.2) is 0 Å². The highest BCUT2D eigenvalue weighted by Crippen LogP contribution is 2.23. The van der Waals surface area contributed by atoms with Crippen LogP contribution in [0.2, 0.25) is 0 Å². The van der Waals surface area contributed by atoms with Crippen LogP contribution in [0.1, 0.15) is 18.1 Å². The highest BCUT2D eigenvalue weighted by Gasteiger charge is 2.22. The summed E-state index contributed by atoms with van der Waals surface area (Å²) < 4.78 is 5.96. The Labute approximate surface area is 132 Å². The fraction of sp³-hybridized carbons (Fsp3) is 0.312. The topological polar surface area (TPSA) is 86.9 Å². The summed E-state index contributed by atoms with van der Waals surface area (Å²) in [5, 5.41) is 7.11. The first kappa shape index (κ1) is 14.0. The van der Waals surface area contributed by atoms with Gasteiger partial charge in [-0.15, -0.1) is 0 Å². The predicted molar refractivity (Wildman–Crippen MR) is 86.5 cm³/mol. The molecule has 7 heteroatoms. The number of ether oxygens (including phenoxy) is 1. The van der Waals surface area contributed by atoms with Gasteiger partial charge in [0.1, 0.15) is 11.5 Å². The average molecular weight is 311 g/mol. The van der Waals surface area contributed by atoms with Gasteiger partial charge in [0.2, 0.25) is 5.95 Å². The minimum absolute atomic E-state index is 0.0403. The summed E-state index contributed by atoms with van der Waals surface area (Å²) in [6.07, 6.45) is 2.33. The maximum absolute atomic E-state index is 12.1. The van der Waals surface area contributed by atoms with E-state index in [4.69, 9.17) is 4.74 Å². The molecule has 2 N–H and O–H groups in total. The zero-order valence-corrected chi connectivity index (χ0v) is 12.5. The molecule has 23 heavy (non-hydrogen) atoms. The van der Waals surface area contributed by atoms with Crippen molar-refractivity contribution in [3.63, 3.8) is 0 Å². The van der Waals surface area contributed by atoms with Crippen molar-refractivity contribution in [1.29, 1.82) is 0 Å². The van der Waals surface area contributed by atoms with Crippen LogP contribution in [-0.2, 0) is 4.74 Å². The number of benzene rings is 1. The van der Waals surface area contributed by atoms with Crippen molar-refractivity contribution in [3.8, 4) is 0 Å². The normalized spacial score (nSPS) is 19.0. The Hall–Kier alpha value is -2.67. The van der Waals surface area contributed by atoms with Crippen molar-refractivity contribution in [3.05, 3.63) is 52.4 Å². The monoisotopic (exact) mass is 311 g/mol. The second kappa shape index (κ2) is 5.85. The third kappa shape index (κ3) is 2.70. The quantitative estimate of drug-likeness (QED) is 0.751. The zero-order chi connectivity index (χ0) is 15.6. The zero-order valence-electron chi connectivity index (χ0n) is 12.5. The van der Waals surface area contributed by atoms with Crippen LogP contribution in [0, 0.1) is 0 Å². The van der Waals surface area contributed by atoms with E-state index in [1.165, 1.54) is 6.20 Å². The number of fused-ring (bicyclic) bond motifs is 1. The molecule has 1 aliphatic rings. The Morgan fingerprint density at radius 3 is 3.00 bits per heavy atom. The lowest BCUT2D eigenvalue weighted by Gasteiger charge is -2.24. The molecule has 1 aliphatic heterocycles. The smallest absolute Gasteiger partial charge is 0.263 e. The maximum atomic E-state index is 12.1. The fourth-order valence-corrected chi connectivity index (χ4v) is 2.87. The number of hydrogen-bond donors (Lipinski definition) is 2. The summed E-state index contributed by atoms with van der Waals surface area (Å²) in [7, 11) is 0. The summed E-state index contributed by atoms with van der Waals surface area (Å²) in [5.41, 5.74) is 1.45. The Morgan fingerprint density at radius 2 is 2.13 bits per heavy atom. The number of hydrogen-bond acceptors (Lipinski definition) is 5. The van der Waals surface area contributed by atoms with E-state index >= 15 is 0 Å². The summed E-state index contributed by atoms with van der Waals surface area (Å²) in [4.78, 5) is 21.5. The minimum Gasteiger partial charge on any atom is -0.372 e. The lowest BCUT2D eigenvalue weighted by molar-refractivity contribution is 0.0686. The molecule has 1 fully saturated rings. The molecule has 0 spiro atoms. The summed E-state index contributed by atoms with van der Waals surface area (Å²) in [6.45, 7) is 2.12. The van der Waals surface area contributed by atoms with E-state index in [9.17, 15) is 4.79 Å². The van der Waals surface area contributed by atoms with Crippen molar-refractivity contribution >= 4 is 17.0 Å². The molecule has 7 nitrogen and oxygen atoms in total. The van der Waals surface area contributed by atoms with Crippen molar-refractivity contribution in [2.45, 2.75) is 12.5 Å². The molecular formula is C16H17N5O2. The van der Waals surface area contributed by atoms with E-state index in [2.05, 4.69) is 37.2 Å². The molecule has 0 amide bonds. The first-order valence-corrected chi connectivity index (χ1v) is 7.66. The van der Waals surface area contributed by atoms with Gasteiger partial charge >= 0.3 is 0 Å². The molecule has 0 radical (unpaired) electrons. The van der Waals surface area contributed by atoms with Crippen LogP contribution >= 0.6 is 0 Å². The maximum Gasteiger partial charge on any atom is 0.263 e. The van der Waals surface area contributed by atoms with Crippen molar-refractivity contribution in [2.75, 3.05) is 24.6 Å². The average Bonchev–Trinajstić information content (AvgIpc) is 2.92. The first-order chi connectivity index (χ1) is 11.3. The van der Waals surface area contributed by atoms with Gasteiger partial charge in [-0.05, 0) is 12.0 Å². The van der Waals surface area contributed by atoms with Crippen LogP contribution < -0.4 is 10.5 Å². The Kier molecular flexibility index (Phi) is 3.55. The molecule has 2 aromatic heterocycles. The van der Waals surface area contributed by atoms with Gasteiger partial charge in [-0.3, -0.25) is 14.9 Å². The van der Waals surface area contributed by atoms with Crippen molar-refractivity contribution < 1.29 is 4.74 Å². The van der Waals surface area contributed by atoms with E-state index in [1.54, 1.807) is 0 Å². The van der Waals surface area contributed by atoms with Crippen LogP contribution in [0.15, 0.2) is 41.3 Å². The molecule has 1 aromatic carbocycles. The molecule has 4 rings (SSSR count). The van der Waals surface area contributed by atoms with E-state index in [0.717, 1.165) is 18.5 Å². The van der Waals surface area contributed by atoms with Crippen LogP contribution in [0.5, 0.6) is 0 Å². The molecule has 1 unspecified atom stereocenters. The summed E-state index contributed by atoms with van der Waals surface area (Å²) in [6, 6.07) is 10.1. The van der Waals surface area contributed by atoms with Crippen LogP contribution in [0.3, 0.4) is 0 Å². The number of H-pyrrole nitrogens is 2. The van der Waals surface area contributed by atoms with E-state index in [-0.39, 0.29) is 11.7 Å². The van der Waals surface area contributed by atoms with E-state index in [0.29, 0.717) is 30.1 Å². The van der Waals surface area contributed by atoms with Crippen molar-refractivity contribution in [1.82, 2.24) is 20.2 Å². The Morgan fingerprint density at radius 1 is 1.26 bits per heavy atom. The van der Waals surface area contributed by atoms with Gasteiger partial charge in [0.15, 0.2) is 5.65 Å². The Balaban J connectivity index is 1.67. The third-order valence-electron chi connectivity index (χ3n) is 4.06. The number of aromatic amines is 2. The highest BCUT2D eigenvalue weighted by molar-refractivity contribution is 5.73. The second-order valence-corrected chi connectivity index (χ2v) is 5.59. The number of nitrogens with one attached hydrogen (secondary N) is 2. The van der Waals surface area contributed by atoms with Crippen LogP contribution in [0.25, 0.3) is 11.0 Å². The molecule has 1 atom stereocenters. The molecule has 3 heterocycles. The second-order valence-electron chi connectivity index (χ2n) is 5.59. The fourth-order valence-electron chi connectivity index (χ4n) is 2.87. The van der Waals surface area contributed by atoms with Gasteiger partial charge in [-0.2, -0.15) is 10.1 Å². The van der Waals surface area contributed by atoms with E-state index in [1.807, 2.05) is 18.2 Å². The lowest BCUT2D eigenvalue weighted by Crippen LogP contribution is -2.31. The van der Waals surface area contributed by atoms with Crippen LogP contribution in [0.4, 0.5) is 5.95 Å². The van der Waals surface area contributed by atoms with Gasteiger partial charge < -0.3 is 9.64 Å². The minimum atomic E-state index is -0.180. The predicted octanol–water partition coefficient (Wildman–Crippen LogP) is 1.61. The number of anilines is 1. The van der Waals surface area contributed by atoms with Gasteiger partial charge in [0.25, 0.3) is 5.56 Å². The molecular weight excluding hydrogens is 294 g/mol. The molecule has 0 bridgehead atoms. The van der Waals surface area contributed by atoms with Gasteiger partial charge in [-0.1, -0.05) is 30.3 Å². The lowest BCUT2D eigenvalue weighted by atomic mass is 10.1. The SMILES string of the molecule is O=c1[nH]c(N2CCCOC(c3ccccc3)C2)nc2[nH]ncc12. The van der Waals surface area contributed by atoms with Crippen molar-refractivity contribution in [2.24, 2.45) is 0 Å². The number of nitrogens with zero attached hydrogens (tertiary/aromatic N) is 3. The Bertz CT molecular complexity index is 858. The molecule has 1 saturated heterocycles. The first-order valence-electron chi connectivity index (χ1n) is 7.66.